The number of carbonyl (C=O) groups is 1. The van der Waals surface area contributed by atoms with Crippen molar-refractivity contribution in [2.45, 2.75) is 96.9 Å². The van der Waals surface area contributed by atoms with Crippen LogP contribution in [-0.4, -0.2) is 18.4 Å². The van der Waals surface area contributed by atoms with Crippen LogP contribution >= 0.6 is 0 Å². The molecule has 1 aromatic carbocycles. The molecule has 0 amide bonds. The van der Waals surface area contributed by atoms with Crippen LogP contribution in [0.2, 0.25) is 0 Å². The van der Waals surface area contributed by atoms with Gasteiger partial charge in [0.2, 0.25) is 0 Å². The number of hydrogen-bond donors (Lipinski definition) is 0. The van der Waals surface area contributed by atoms with E-state index in [0.717, 1.165) is 37.1 Å². The number of hydrogen-bond acceptors (Lipinski definition) is 2. The molecule has 1 unspecified atom stereocenters. The summed E-state index contributed by atoms with van der Waals surface area (Å²) in [5, 5.41) is 0. The van der Waals surface area contributed by atoms with E-state index in [-0.39, 0.29) is 11.8 Å². The van der Waals surface area contributed by atoms with E-state index in [0.29, 0.717) is 6.42 Å². The van der Waals surface area contributed by atoms with Crippen molar-refractivity contribution in [2.75, 3.05) is 11.4 Å². The first-order valence-corrected chi connectivity index (χ1v) is 11.1. The zero-order valence-electron chi connectivity index (χ0n) is 17.4. The van der Waals surface area contributed by atoms with E-state index in [2.05, 4.69) is 36.7 Å². The standard InChI is InChI=1S/C25H37NO/c1-3-5-7-8-9-10-11-12-13-14-17-22-21-25(27)23-18-15-16-19-24(23)26(22)20-6-4-2/h15-16,18-19,22H,3-12,17,20-21H2,1-2H3. The largest absolute Gasteiger partial charge is 0.367 e. The van der Waals surface area contributed by atoms with Crippen molar-refractivity contribution in [1.82, 2.24) is 0 Å². The minimum Gasteiger partial charge on any atom is -0.367 e. The van der Waals surface area contributed by atoms with Gasteiger partial charge in [0, 0.05) is 43.1 Å². The van der Waals surface area contributed by atoms with Crippen LogP contribution in [0.25, 0.3) is 0 Å². The van der Waals surface area contributed by atoms with Crippen LogP contribution in [0.15, 0.2) is 24.3 Å². The lowest BCUT2D eigenvalue weighted by Crippen LogP contribution is -2.42. The Morgan fingerprint density at radius 2 is 1.63 bits per heavy atom. The summed E-state index contributed by atoms with van der Waals surface area (Å²) in [7, 11) is 0. The van der Waals surface area contributed by atoms with Gasteiger partial charge >= 0.3 is 0 Å². The normalized spacial score (nSPS) is 16.0. The number of anilines is 1. The monoisotopic (exact) mass is 367 g/mol. The van der Waals surface area contributed by atoms with Gasteiger partial charge in [-0.05, 0) is 25.0 Å². The Bertz CT molecular complexity index is 625. The molecule has 1 atom stereocenters. The second-order valence-corrected chi connectivity index (χ2v) is 7.77. The second-order valence-electron chi connectivity index (χ2n) is 7.77. The number of benzene rings is 1. The van der Waals surface area contributed by atoms with Gasteiger partial charge < -0.3 is 4.90 Å². The number of rotatable bonds is 11. The Balaban J connectivity index is 1.82. The minimum absolute atomic E-state index is 0.237. The van der Waals surface area contributed by atoms with Gasteiger partial charge in [-0.2, -0.15) is 0 Å². The highest BCUT2D eigenvalue weighted by atomic mass is 16.1. The number of nitrogens with zero attached hydrogens (tertiary/aromatic N) is 1. The Kier molecular flexibility index (Phi) is 10.1. The first-order chi connectivity index (χ1) is 13.3. The lowest BCUT2D eigenvalue weighted by Gasteiger charge is -2.37. The molecule has 2 heteroatoms. The van der Waals surface area contributed by atoms with Crippen molar-refractivity contribution >= 4 is 11.5 Å². The highest BCUT2D eigenvalue weighted by Gasteiger charge is 2.30. The number of para-hydroxylation sites is 1. The number of fused-ring (bicyclic) bond motifs is 1. The molecule has 0 aliphatic carbocycles. The maximum atomic E-state index is 12.5. The maximum Gasteiger partial charge on any atom is 0.167 e. The molecule has 0 N–H and O–H groups in total. The smallest absolute Gasteiger partial charge is 0.167 e. The summed E-state index contributed by atoms with van der Waals surface area (Å²) >= 11 is 0. The molecular formula is C25H37NO. The fourth-order valence-corrected chi connectivity index (χ4v) is 3.85. The summed E-state index contributed by atoms with van der Waals surface area (Å²) in [6.45, 7) is 5.50. The third-order valence-electron chi connectivity index (χ3n) is 5.50. The van der Waals surface area contributed by atoms with Crippen molar-refractivity contribution in [3.8, 4) is 11.8 Å². The van der Waals surface area contributed by atoms with Gasteiger partial charge in [0.05, 0.1) is 0 Å². The molecule has 0 bridgehead atoms. The van der Waals surface area contributed by atoms with E-state index in [1.165, 1.54) is 51.4 Å². The highest BCUT2D eigenvalue weighted by molar-refractivity contribution is 6.03. The SMILES string of the molecule is CCCCCCCCCC#CCC1CC(=O)c2ccccc2N1CCCC. The van der Waals surface area contributed by atoms with E-state index in [1.54, 1.807) is 0 Å². The Morgan fingerprint density at radius 3 is 2.41 bits per heavy atom. The average molecular weight is 368 g/mol. The topological polar surface area (TPSA) is 20.3 Å². The summed E-state index contributed by atoms with van der Waals surface area (Å²) < 4.78 is 0. The first-order valence-electron chi connectivity index (χ1n) is 11.1. The molecule has 1 aromatic rings. The summed E-state index contributed by atoms with van der Waals surface area (Å²) in [5.74, 6) is 7.02. The van der Waals surface area contributed by atoms with Crippen molar-refractivity contribution in [3.05, 3.63) is 29.8 Å². The molecule has 27 heavy (non-hydrogen) atoms. The van der Waals surface area contributed by atoms with Crippen molar-refractivity contribution in [2.24, 2.45) is 0 Å². The summed E-state index contributed by atoms with van der Waals surface area (Å²) in [5.41, 5.74) is 2.00. The van der Waals surface area contributed by atoms with Crippen LogP contribution in [0.1, 0.15) is 101 Å². The molecule has 0 saturated carbocycles. The quantitative estimate of drug-likeness (QED) is 0.317. The van der Waals surface area contributed by atoms with E-state index in [9.17, 15) is 4.79 Å². The molecule has 2 nitrogen and oxygen atoms in total. The van der Waals surface area contributed by atoms with Crippen LogP contribution in [0.3, 0.4) is 0 Å². The van der Waals surface area contributed by atoms with Gasteiger partial charge in [0.1, 0.15) is 0 Å². The van der Waals surface area contributed by atoms with Gasteiger partial charge in [0.25, 0.3) is 0 Å². The average Bonchev–Trinajstić information content (AvgIpc) is 2.69. The molecule has 1 aliphatic heterocycles. The Morgan fingerprint density at radius 1 is 0.926 bits per heavy atom. The van der Waals surface area contributed by atoms with E-state index < -0.39 is 0 Å². The molecule has 0 fully saturated rings. The minimum atomic E-state index is 0.237. The number of carbonyl (C=O) groups excluding carboxylic acids is 1. The molecule has 1 aliphatic rings. The van der Waals surface area contributed by atoms with E-state index >= 15 is 0 Å². The molecular weight excluding hydrogens is 330 g/mol. The highest BCUT2D eigenvalue weighted by Crippen LogP contribution is 2.32. The number of Topliss-reactive ketones (excluding diaryl/α,β-unsaturated/α-hetero) is 1. The van der Waals surface area contributed by atoms with Crippen molar-refractivity contribution in [3.63, 3.8) is 0 Å². The van der Waals surface area contributed by atoms with Crippen LogP contribution in [-0.2, 0) is 0 Å². The predicted octanol–water partition coefficient (Wildman–Crippen LogP) is 6.78. The molecule has 0 saturated heterocycles. The van der Waals surface area contributed by atoms with Gasteiger partial charge in [-0.3, -0.25) is 4.79 Å². The molecule has 0 aromatic heterocycles. The second kappa shape index (κ2) is 12.6. The Hall–Kier alpha value is -1.75. The third-order valence-corrected chi connectivity index (χ3v) is 5.50. The van der Waals surface area contributed by atoms with Gasteiger partial charge in [-0.15, -0.1) is 11.8 Å². The van der Waals surface area contributed by atoms with Crippen LogP contribution in [0.4, 0.5) is 5.69 Å². The molecule has 0 spiro atoms. The number of unbranched alkanes of at least 4 members (excludes halogenated alkanes) is 8. The Labute approximate surface area is 166 Å². The fraction of sp³-hybridized carbons (Fsp3) is 0.640. The summed E-state index contributed by atoms with van der Waals surface area (Å²) in [6.07, 6.45) is 14.0. The van der Waals surface area contributed by atoms with E-state index in [4.69, 9.17) is 0 Å². The maximum absolute atomic E-state index is 12.5. The molecule has 2 rings (SSSR count). The molecule has 148 valence electrons. The van der Waals surface area contributed by atoms with Crippen LogP contribution in [0, 0.1) is 11.8 Å². The van der Waals surface area contributed by atoms with Gasteiger partial charge in [-0.1, -0.05) is 70.9 Å². The first kappa shape index (κ1) is 21.5. The fourth-order valence-electron chi connectivity index (χ4n) is 3.85. The molecule has 1 heterocycles. The van der Waals surface area contributed by atoms with Crippen LogP contribution < -0.4 is 4.90 Å². The predicted molar refractivity (Wildman–Crippen MR) is 116 cm³/mol. The number of ketones is 1. The zero-order valence-corrected chi connectivity index (χ0v) is 17.4. The van der Waals surface area contributed by atoms with E-state index in [1.807, 2.05) is 18.2 Å². The summed E-state index contributed by atoms with van der Waals surface area (Å²) in [4.78, 5) is 15.0. The van der Waals surface area contributed by atoms with Gasteiger partial charge in [-0.25, -0.2) is 0 Å². The van der Waals surface area contributed by atoms with Gasteiger partial charge in [0.15, 0.2) is 5.78 Å². The zero-order chi connectivity index (χ0) is 19.3. The van der Waals surface area contributed by atoms with Crippen LogP contribution in [0.5, 0.6) is 0 Å². The van der Waals surface area contributed by atoms with Crippen molar-refractivity contribution in [1.29, 1.82) is 0 Å². The summed E-state index contributed by atoms with van der Waals surface area (Å²) in [6, 6.07) is 8.32. The lowest BCUT2D eigenvalue weighted by molar-refractivity contribution is 0.0966. The lowest BCUT2D eigenvalue weighted by atomic mass is 9.92. The molecule has 0 radical (unpaired) electrons. The third kappa shape index (κ3) is 7.06. The van der Waals surface area contributed by atoms with Crippen molar-refractivity contribution < 1.29 is 4.79 Å².